The summed E-state index contributed by atoms with van der Waals surface area (Å²) in [4.78, 5) is 26.1. The SMILES string of the molecule is CC(C)(C)C(=O)OC1(C)C2(CCCCC2)C(=O)C12CCCCC2. The predicted molar refractivity (Wildman–Crippen MR) is 90.0 cm³/mol. The van der Waals surface area contributed by atoms with Crippen LogP contribution in [0.5, 0.6) is 0 Å². The highest BCUT2D eigenvalue weighted by molar-refractivity contribution is 6.01. The molecule has 0 aliphatic heterocycles. The van der Waals surface area contributed by atoms with Gasteiger partial charge < -0.3 is 4.74 Å². The lowest BCUT2D eigenvalue weighted by Crippen LogP contribution is -2.79. The molecule has 3 fully saturated rings. The highest BCUT2D eigenvalue weighted by Crippen LogP contribution is 2.70. The van der Waals surface area contributed by atoms with Crippen LogP contribution in [0.3, 0.4) is 0 Å². The van der Waals surface area contributed by atoms with Gasteiger partial charge in [0.25, 0.3) is 0 Å². The van der Waals surface area contributed by atoms with Crippen LogP contribution in [0.1, 0.15) is 91.9 Å². The van der Waals surface area contributed by atoms with Gasteiger partial charge in [0, 0.05) is 0 Å². The van der Waals surface area contributed by atoms with Crippen molar-refractivity contribution < 1.29 is 14.3 Å². The van der Waals surface area contributed by atoms with Crippen LogP contribution in [0.4, 0.5) is 0 Å². The molecule has 3 nitrogen and oxygen atoms in total. The molecule has 0 amide bonds. The number of carbonyl (C=O) groups excluding carboxylic acids is 2. The van der Waals surface area contributed by atoms with Crippen molar-refractivity contribution in [3.05, 3.63) is 0 Å². The molecule has 3 saturated carbocycles. The second-order valence-electron chi connectivity index (χ2n) is 9.29. The van der Waals surface area contributed by atoms with Crippen molar-refractivity contribution in [3.8, 4) is 0 Å². The fraction of sp³-hybridized carbons (Fsp3) is 0.900. The zero-order valence-corrected chi connectivity index (χ0v) is 15.3. The molecular weight excluding hydrogens is 288 g/mol. The molecular formula is C20H32O3. The average molecular weight is 320 g/mol. The van der Waals surface area contributed by atoms with Gasteiger partial charge in [0.05, 0.1) is 16.2 Å². The van der Waals surface area contributed by atoms with E-state index in [4.69, 9.17) is 4.74 Å². The maximum Gasteiger partial charge on any atom is 0.311 e. The zero-order chi connectivity index (χ0) is 16.9. The summed E-state index contributed by atoms with van der Waals surface area (Å²) in [7, 11) is 0. The van der Waals surface area contributed by atoms with Crippen molar-refractivity contribution in [2.24, 2.45) is 16.2 Å². The molecule has 0 aromatic carbocycles. The van der Waals surface area contributed by atoms with Gasteiger partial charge in [0.1, 0.15) is 5.60 Å². The largest absolute Gasteiger partial charge is 0.457 e. The molecule has 3 aliphatic rings. The fourth-order valence-corrected chi connectivity index (χ4v) is 5.54. The minimum Gasteiger partial charge on any atom is -0.457 e. The third-order valence-corrected chi connectivity index (χ3v) is 7.02. The lowest BCUT2D eigenvalue weighted by atomic mass is 9.36. The van der Waals surface area contributed by atoms with E-state index in [0.29, 0.717) is 5.78 Å². The topological polar surface area (TPSA) is 43.4 Å². The highest BCUT2D eigenvalue weighted by atomic mass is 16.6. The van der Waals surface area contributed by atoms with E-state index in [1.54, 1.807) is 0 Å². The van der Waals surface area contributed by atoms with Crippen LogP contribution in [-0.4, -0.2) is 17.4 Å². The lowest BCUT2D eigenvalue weighted by Gasteiger charge is -2.69. The van der Waals surface area contributed by atoms with Gasteiger partial charge in [0.15, 0.2) is 5.78 Å². The van der Waals surface area contributed by atoms with Gasteiger partial charge in [-0.15, -0.1) is 0 Å². The van der Waals surface area contributed by atoms with Crippen molar-refractivity contribution >= 4 is 11.8 Å². The Bertz CT molecular complexity index is 471. The van der Waals surface area contributed by atoms with Gasteiger partial charge in [-0.3, -0.25) is 9.59 Å². The summed E-state index contributed by atoms with van der Waals surface area (Å²) in [6.45, 7) is 7.80. The highest BCUT2D eigenvalue weighted by Gasteiger charge is 2.79. The standard InChI is InChI=1S/C20H32O3/c1-17(2,3)16(22)23-18(4)19(11-7-5-8-12-19)15(21)20(18)13-9-6-10-14-20/h5-14H2,1-4H3. The second-order valence-corrected chi connectivity index (χ2v) is 9.29. The number of esters is 1. The first-order valence-electron chi connectivity index (χ1n) is 9.48. The maximum atomic E-state index is 13.4. The van der Waals surface area contributed by atoms with Crippen LogP contribution in [0.2, 0.25) is 0 Å². The predicted octanol–water partition coefficient (Wildman–Crippen LogP) is 4.82. The summed E-state index contributed by atoms with van der Waals surface area (Å²) in [6, 6.07) is 0. The minimum absolute atomic E-state index is 0.151. The Morgan fingerprint density at radius 3 is 1.61 bits per heavy atom. The number of carbonyl (C=O) groups is 2. The molecule has 0 N–H and O–H groups in total. The van der Waals surface area contributed by atoms with Gasteiger partial charge in [-0.25, -0.2) is 0 Å². The summed E-state index contributed by atoms with van der Waals surface area (Å²) in [5, 5.41) is 0. The summed E-state index contributed by atoms with van der Waals surface area (Å²) in [6.07, 6.45) is 10.4. The Kier molecular flexibility index (Phi) is 3.93. The number of hydrogen-bond acceptors (Lipinski definition) is 3. The van der Waals surface area contributed by atoms with Gasteiger partial charge in [-0.1, -0.05) is 38.5 Å². The minimum atomic E-state index is -0.595. The Morgan fingerprint density at radius 1 is 0.870 bits per heavy atom. The second kappa shape index (κ2) is 5.32. The Balaban J connectivity index is 1.98. The molecule has 0 bridgehead atoms. The van der Waals surface area contributed by atoms with E-state index in [2.05, 4.69) is 6.92 Å². The molecule has 3 heteroatoms. The molecule has 23 heavy (non-hydrogen) atoms. The molecule has 2 spiro atoms. The first-order chi connectivity index (χ1) is 10.7. The summed E-state index contributed by atoms with van der Waals surface area (Å²) >= 11 is 0. The van der Waals surface area contributed by atoms with Crippen LogP contribution in [0.15, 0.2) is 0 Å². The van der Waals surface area contributed by atoms with Crippen LogP contribution in [-0.2, 0) is 14.3 Å². The van der Waals surface area contributed by atoms with Gasteiger partial charge in [-0.2, -0.15) is 0 Å². The maximum absolute atomic E-state index is 13.4. The summed E-state index contributed by atoms with van der Waals surface area (Å²) in [5.74, 6) is 0.274. The summed E-state index contributed by atoms with van der Waals surface area (Å²) < 4.78 is 6.24. The van der Waals surface area contributed by atoms with E-state index in [9.17, 15) is 9.59 Å². The number of hydrogen-bond donors (Lipinski definition) is 0. The Morgan fingerprint density at radius 2 is 1.26 bits per heavy atom. The van der Waals surface area contributed by atoms with Crippen molar-refractivity contribution in [2.45, 2.75) is 97.5 Å². The fourth-order valence-electron chi connectivity index (χ4n) is 5.54. The van der Waals surface area contributed by atoms with E-state index in [0.717, 1.165) is 51.4 Å². The van der Waals surface area contributed by atoms with Crippen molar-refractivity contribution in [1.29, 1.82) is 0 Å². The number of rotatable bonds is 1. The van der Waals surface area contributed by atoms with Gasteiger partial charge in [-0.05, 0) is 53.4 Å². The Labute approximate surface area is 140 Å². The quantitative estimate of drug-likeness (QED) is 0.651. The van der Waals surface area contributed by atoms with Crippen molar-refractivity contribution in [1.82, 2.24) is 0 Å². The third-order valence-electron chi connectivity index (χ3n) is 7.02. The molecule has 130 valence electrons. The molecule has 0 atom stereocenters. The van der Waals surface area contributed by atoms with Crippen molar-refractivity contribution in [2.75, 3.05) is 0 Å². The smallest absolute Gasteiger partial charge is 0.311 e. The lowest BCUT2D eigenvalue weighted by molar-refractivity contribution is -0.264. The molecule has 0 radical (unpaired) electrons. The summed E-state index contributed by atoms with van der Waals surface area (Å²) in [5.41, 5.74) is -1.91. The zero-order valence-electron chi connectivity index (χ0n) is 15.3. The first-order valence-corrected chi connectivity index (χ1v) is 9.48. The van der Waals surface area contributed by atoms with Gasteiger partial charge in [0.2, 0.25) is 0 Å². The van der Waals surface area contributed by atoms with Crippen LogP contribution in [0.25, 0.3) is 0 Å². The molecule has 0 unspecified atom stereocenters. The molecule has 0 aromatic heterocycles. The van der Waals surface area contributed by atoms with Crippen LogP contribution in [0, 0.1) is 16.2 Å². The Hall–Kier alpha value is -0.860. The van der Waals surface area contributed by atoms with E-state index < -0.39 is 21.8 Å². The molecule has 3 rings (SSSR count). The van der Waals surface area contributed by atoms with Crippen LogP contribution >= 0.6 is 0 Å². The first kappa shape index (κ1) is 17.0. The molecule has 0 heterocycles. The molecule has 3 aliphatic carbocycles. The normalized spacial score (nSPS) is 28.4. The number of ether oxygens (including phenoxy) is 1. The van der Waals surface area contributed by atoms with Gasteiger partial charge >= 0.3 is 5.97 Å². The number of Topliss-reactive ketones (excluding diaryl/α,β-unsaturated/α-hetero) is 1. The number of ketones is 1. The van der Waals surface area contributed by atoms with E-state index in [1.807, 2.05) is 20.8 Å². The van der Waals surface area contributed by atoms with E-state index in [-0.39, 0.29) is 5.97 Å². The molecule has 0 aromatic rings. The van der Waals surface area contributed by atoms with Crippen molar-refractivity contribution in [3.63, 3.8) is 0 Å². The van der Waals surface area contributed by atoms with E-state index >= 15 is 0 Å². The molecule has 0 saturated heterocycles. The average Bonchev–Trinajstić information content (AvgIpc) is 2.54. The van der Waals surface area contributed by atoms with E-state index in [1.165, 1.54) is 12.8 Å². The third kappa shape index (κ3) is 2.14. The monoisotopic (exact) mass is 320 g/mol. The van der Waals surface area contributed by atoms with Crippen LogP contribution < -0.4 is 0 Å².